The number of pyridine rings is 1. The summed E-state index contributed by atoms with van der Waals surface area (Å²) in [7, 11) is 0. The molecule has 2 heterocycles. The molecule has 0 aliphatic rings. The van der Waals surface area contributed by atoms with Crippen molar-refractivity contribution in [3.63, 3.8) is 0 Å². The van der Waals surface area contributed by atoms with Gasteiger partial charge in [0.25, 0.3) is 0 Å². The summed E-state index contributed by atoms with van der Waals surface area (Å²) < 4.78 is 1.34. The number of fused-ring (bicyclic) bond motifs is 1. The maximum Gasteiger partial charge on any atom is 0.0345 e. The summed E-state index contributed by atoms with van der Waals surface area (Å²) in [5, 5.41) is 3.60. The molecule has 3 aromatic rings. The lowest BCUT2D eigenvalue weighted by Crippen LogP contribution is -2.37. The number of thiophene rings is 1. The van der Waals surface area contributed by atoms with E-state index in [0.29, 0.717) is 0 Å². The quantitative estimate of drug-likeness (QED) is 0.542. The fraction of sp³-hybridized carbons (Fsp3) is 0.235. The molecule has 1 atom stereocenters. The fourth-order valence-electron chi connectivity index (χ4n) is 2.59. The number of aryl methyl sites for hydroxylation is 1. The highest BCUT2D eigenvalue weighted by Crippen LogP contribution is 2.27. The smallest absolute Gasteiger partial charge is 0.0345 e. The summed E-state index contributed by atoms with van der Waals surface area (Å²) in [6.45, 7) is 0. The largest absolute Gasteiger partial charge is 0.271 e. The maximum atomic E-state index is 5.74. The van der Waals surface area contributed by atoms with Crippen LogP contribution in [0.15, 0.2) is 54.2 Å². The van der Waals surface area contributed by atoms with Crippen molar-refractivity contribution in [2.24, 2.45) is 5.84 Å². The van der Waals surface area contributed by atoms with Gasteiger partial charge >= 0.3 is 0 Å². The van der Waals surface area contributed by atoms with E-state index < -0.39 is 0 Å². The lowest BCUT2D eigenvalue weighted by molar-refractivity contribution is 0.493. The Morgan fingerprint density at radius 1 is 1.14 bits per heavy atom. The molecule has 0 spiro atoms. The minimum atomic E-state index is 0.288. The molecule has 0 amide bonds. The van der Waals surface area contributed by atoms with Crippen LogP contribution < -0.4 is 11.3 Å². The van der Waals surface area contributed by atoms with E-state index in [2.05, 4.69) is 52.2 Å². The van der Waals surface area contributed by atoms with Crippen molar-refractivity contribution < 1.29 is 0 Å². The molecule has 0 aliphatic carbocycles. The molecule has 0 aliphatic heterocycles. The average molecular weight is 297 g/mol. The van der Waals surface area contributed by atoms with Crippen molar-refractivity contribution in [1.82, 2.24) is 10.4 Å². The summed E-state index contributed by atoms with van der Waals surface area (Å²) in [6.07, 6.45) is 6.68. The number of benzene rings is 1. The van der Waals surface area contributed by atoms with Crippen molar-refractivity contribution in [2.45, 2.75) is 25.3 Å². The van der Waals surface area contributed by atoms with E-state index >= 15 is 0 Å². The van der Waals surface area contributed by atoms with Crippen LogP contribution in [-0.2, 0) is 12.8 Å². The molecule has 0 saturated carbocycles. The zero-order chi connectivity index (χ0) is 14.5. The van der Waals surface area contributed by atoms with Gasteiger partial charge < -0.3 is 0 Å². The van der Waals surface area contributed by atoms with E-state index in [-0.39, 0.29) is 6.04 Å². The van der Waals surface area contributed by atoms with Gasteiger partial charge in [0.15, 0.2) is 0 Å². The SMILES string of the molecule is NNC(CCc1ccncc1)Cc1csc2ccccc12. The molecule has 2 aromatic heterocycles. The van der Waals surface area contributed by atoms with Crippen LogP contribution in [0, 0.1) is 0 Å². The van der Waals surface area contributed by atoms with Gasteiger partial charge in [-0.25, -0.2) is 0 Å². The van der Waals surface area contributed by atoms with Crippen LogP contribution >= 0.6 is 11.3 Å². The molecule has 3 N–H and O–H groups in total. The third-order valence-electron chi connectivity index (χ3n) is 3.79. The van der Waals surface area contributed by atoms with Gasteiger partial charge in [0.05, 0.1) is 0 Å². The second kappa shape index (κ2) is 6.80. The second-order valence-electron chi connectivity index (χ2n) is 5.22. The third-order valence-corrected chi connectivity index (χ3v) is 4.81. The van der Waals surface area contributed by atoms with Crippen LogP contribution in [0.1, 0.15) is 17.5 Å². The molecule has 0 fully saturated rings. The van der Waals surface area contributed by atoms with Crippen LogP contribution in [0.3, 0.4) is 0 Å². The van der Waals surface area contributed by atoms with Crippen molar-refractivity contribution >= 4 is 21.4 Å². The number of rotatable bonds is 6. The van der Waals surface area contributed by atoms with Gasteiger partial charge in [-0.1, -0.05) is 18.2 Å². The summed E-state index contributed by atoms with van der Waals surface area (Å²) in [5.41, 5.74) is 5.65. The van der Waals surface area contributed by atoms with E-state index in [1.165, 1.54) is 21.2 Å². The Morgan fingerprint density at radius 2 is 1.95 bits per heavy atom. The maximum absolute atomic E-state index is 5.74. The topological polar surface area (TPSA) is 50.9 Å². The Balaban J connectivity index is 1.67. The number of aromatic nitrogens is 1. The predicted octanol–water partition coefficient (Wildman–Crippen LogP) is 3.30. The molecule has 108 valence electrons. The van der Waals surface area contributed by atoms with E-state index in [1.54, 1.807) is 11.3 Å². The molecular formula is C17H19N3S. The molecule has 1 unspecified atom stereocenters. The third kappa shape index (κ3) is 3.47. The van der Waals surface area contributed by atoms with E-state index in [1.807, 2.05) is 12.4 Å². The lowest BCUT2D eigenvalue weighted by atomic mass is 9.99. The number of nitrogens with two attached hydrogens (primary N) is 1. The standard InChI is InChI=1S/C17H19N3S/c18-20-15(6-5-13-7-9-19-10-8-13)11-14-12-21-17-4-2-1-3-16(14)17/h1-4,7-10,12,15,20H,5-6,11,18H2. The van der Waals surface area contributed by atoms with Gasteiger partial charge in [0, 0.05) is 23.1 Å². The molecule has 21 heavy (non-hydrogen) atoms. The van der Waals surface area contributed by atoms with Crippen molar-refractivity contribution in [3.05, 3.63) is 65.3 Å². The molecular weight excluding hydrogens is 278 g/mol. The van der Waals surface area contributed by atoms with Crippen LogP contribution in [-0.4, -0.2) is 11.0 Å². The second-order valence-corrected chi connectivity index (χ2v) is 6.13. The first kappa shape index (κ1) is 14.2. The predicted molar refractivity (Wildman–Crippen MR) is 89.2 cm³/mol. The van der Waals surface area contributed by atoms with Gasteiger partial charge in [0.1, 0.15) is 0 Å². The summed E-state index contributed by atoms with van der Waals surface area (Å²) in [5.74, 6) is 5.74. The molecule has 3 rings (SSSR count). The Kier molecular flexibility index (Phi) is 4.60. The van der Waals surface area contributed by atoms with Gasteiger partial charge in [0.2, 0.25) is 0 Å². The Morgan fingerprint density at radius 3 is 2.76 bits per heavy atom. The summed E-state index contributed by atoms with van der Waals surface area (Å²) >= 11 is 1.80. The van der Waals surface area contributed by atoms with Crippen LogP contribution in [0.5, 0.6) is 0 Å². The van der Waals surface area contributed by atoms with Gasteiger partial charge in [-0.05, 0) is 59.4 Å². The molecule has 0 bridgehead atoms. The molecule has 0 radical (unpaired) electrons. The molecule has 0 saturated heterocycles. The number of hydrogen-bond donors (Lipinski definition) is 2. The first-order chi connectivity index (χ1) is 10.4. The van der Waals surface area contributed by atoms with Crippen LogP contribution in [0.4, 0.5) is 0 Å². The van der Waals surface area contributed by atoms with E-state index in [4.69, 9.17) is 5.84 Å². The van der Waals surface area contributed by atoms with Gasteiger partial charge in [-0.3, -0.25) is 16.3 Å². The first-order valence-corrected chi connectivity index (χ1v) is 8.05. The molecule has 4 heteroatoms. The average Bonchev–Trinajstić information content (AvgIpc) is 2.95. The first-order valence-electron chi connectivity index (χ1n) is 7.17. The molecule has 3 nitrogen and oxygen atoms in total. The number of hydrazine groups is 1. The zero-order valence-electron chi connectivity index (χ0n) is 11.8. The number of nitrogens with one attached hydrogen (secondary N) is 1. The highest BCUT2D eigenvalue weighted by molar-refractivity contribution is 7.17. The lowest BCUT2D eigenvalue weighted by Gasteiger charge is -2.15. The van der Waals surface area contributed by atoms with Gasteiger partial charge in [-0.2, -0.15) is 0 Å². The van der Waals surface area contributed by atoms with Gasteiger partial charge in [-0.15, -0.1) is 11.3 Å². The van der Waals surface area contributed by atoms with Crippen molar-refractivity contribution in [1.29, 1.82) is 0 Å². The van der Waals surface area contributed by atoms with Crippen LogP contribution in [0.25, 0.3) is 10.1 Å². The Bertz CT molecular complexity index is 693. The molecule has 1 aromatic carbocycles. The zero-order valence-corrected chi connectivity index (χ0v) is 12.6. The highest BCUT2D eigenvalue weighted by Gasteiger charge is 2.11. The number of nitrogens with zero attached hydrogens (tertiary/aromatic N) is 1. The normalized spacial score (nSPS) is 12.6. The van der Waals surface area contributed by atoms with E-state index in [0.717, 1.165) is 19.3 Å². The summed E-state index contributed by atoms with van der Waals surface area (Å²) in [4.78, 5) is 4.05. The minimum Gasteiger partial charge on any atom is -0.271 e. The van der Waals surface area contributed by atoms with E-state index in [9.17, 15) is 0 Å². The Labute approximate surface area is 128 Å². The summed E-state index contributed by atoms with van der Waals surface area (Å²) in [6, 6.07) is 13.0. The Hall–Kier alpha value is -1.75. The minimum absolute atomic E-state index is 0.288. The van der Waals surface area contributed by atoms with Crippen molar-refractivity contribution in [3.8, 4) is 0 Å². The number of hydrogen-bond acceptors (Lipinski definition) is 4. The monoisotopic (exact) mass is 297 g/mol. The van der Waals surface area contributed by atoms with Crippen LogP contribution in [0.2, 0.25) is 0 Å². The van der Waals surface area contributed by atoms with Crippen molar-refractivity contribution in [2.75, 3.05) is 0 Å². The fourth-order valence-corrected chi connectivity index (χ4v) is 3.57. The highest BCUT2D eigenvalue weighted by atomic mass is 32.1.